The molecule has 2 amide bonds. The zero-order chi connectivity index (χ0) is 29.0. The highest BCUT2D eigenvalue weighted by molar-refractivity contribution is 7.15. The van der Waals surface area contributed by atoms with Crippen molar-refractivity contribution in [3.8, 4) is 0 Å². The van der Waals surface area contributed by atoms with Crippen molar-refractivity contribution in [1.29, 1.82) is 0 Å². The number of anilines is 2. The number of carbonyl (C=O) groups excluding carboxylic acids is 2. The summed E-state index contributed by atoms with van der Waals surface area (Å²) < 4.78 is 0. The van der Waals surface area contributed by atoms with Crippen LogP contribution in [0.5, 0.6) is 0 Å². The molecule has 0 saturated carbocycles. The second-order valence-electron chi connectivity index (χ2n) is 10.6. The van der Waals surface area contributed by atoms with Crippen LogP contribution in [0.4, 0.5) is 10.9 Å². The SMILES string of the molecule is O=C(Cc1cccc(CN2CCCCC2=O)c1)Nc1nnc(CCCCc2ccc(NCCc3ccccc3)nn2)s1. The molecule has 2 aromatic heterocycles. The molecule has 2 aromatic carbocycles. The number of amides is 2. The maximum Gasteiger partial charge on any atom is 0.230 e. The molecule has 2 N–H and O–H groups in total. The van der Waals surface area contributed by atoms with Gasteiger partial charge in [-0.1, -0.05) is 65.9 Å². The van der Waals surface area contributed by atoms with Gasteiger partial charge in [-0.3, -0.25) is 9.59 Å². The molecule has 0 aliphatic carbocycles. The third-order valence-corrected chi connectivity index (χ3v) is 8.12. The minimum atomic E-state index is -0.125. The van der Waals surface area contributed by atoms with Crippen LogP contribution in [0.25, 0.3) is 0 Å². The third kappa shape index (κ3) is 9.17. The predicted molar refractivity (Wildman–Crippen MR) is 165 cm³/mol. The molecule has 1 aliphatic rings. The largest absolute Gasteiger partial charge is 0.368 e. The molecular formula is C32H37N7O2S. The number of carbonyl (C=O) groups is 2. The van der Waals surface area contributed by atoms with E-state index in [1.165, 1.54) is 16.9 Å². The number of nitrogens with one attached hydrogen (secondary N) is 2. The van der Waals surface area contributed by atoms with E-state index in [4.69, 9.17) is 0 Å². The fourth-order valence-corrected chi connectivity index (χ4v) is 5.79. The van der Waals surface area contributed by atoms with Gasteiger partial charge in [0.15, 0.2) is 0 Å². The molecule has 0 atom stereocenters. The molecule has 0 radical (unpaired) electrons. The Morgan fingerprint density at radius 3 is 2.50 bits per heavy atom. The van der Waals surface area contributed by atoms with Gasteiger partial charge in [-0.2, -0.15) is 5.10 Å². The van der Waals surface area contributed by atoms with Gasteiger partial charge < -0.3 is 15.5 Å². The molecule has 218 valence electrons. The number of likely N-dealkylation sites (tertiary alicyclic amines) is 1. The van der Waals surface area contributed by atoms with Gasteiger partial charge in [0.2, 0.25) is 16.9 Å². The summed E-state index contributed by atoms with van der Waals surface area (Å²) in [7, 11) is 0. The van der Waals surface area contributed by atoms with Gasteiger partial charge in [0.1, 0.15) is 10.8 Å². The van der Waals surface area contributed by atoms with E-state index in [0.29, 0.717) is 18.1 Å². The molecule has 1 saturated heterocycles. The Balaban J connectivity index is 0.990. The Bertz CT molecular complexity index is 1440. The quantitative estimate of drug-likeness (QED) is 0.195. The lowest BCUT2D eigenvalue weighted by Crippen LogP contribution is -2.34. The maximum absolute atomic E-state index is 12.7. The summed E-state index contributed by atoms with van der Waals surface area (Å²) in [6.45, 7) is 2.22. The molecule has 1 fully saturated rings. The summed E-state index contributed by atoms with van der Waals surface area (Å²) >= 11 is 1.42. The molecule has 5 rings (SSSR count). The van der Waals surface area contributed by atoms with Crippen molar-refractivity contribution in [2.24, 2.45) is 0 Å². The summed E-state index contributed by atoms with van der Waals surface area (Å²) in [4.78, 5) is 26.7. The van der Waals surface area contributed by atoms with Crippen molar-refractivity contribution in [2.45, 2.75) is 64.3 Å². The van der Waals surface area contributed by atoms with Crippen LogP contribution in [0.2, 0.25) is 0 Å². The van der Waals surface area contributed by atoms with Crippen LogP contribution in [-0.4, -0.2) is 50.2 Å². The van der Waals surface area contributed by atoms with Crippen molar-refractivity contribution in [3.05, 3.63) is 94.1 Å². The minimum absolute atomic E-state index is 0.125. The Labute approximate surface area is 250 Å². The third-order valence-electron chi connectivity index (χ3n) is 7.22. The molecule has 42 heavy (non-hydrogen) atoms. The van der Waals surface area contributed by atoms with E-state index in [9.17, 15) is 9.59 Å². The summed E-state index contributed by atoms with van der Waals surface area (Å²) in [5.41, 5.74) is 4.23. The highest BCUT2D eigenvalue weighted by atomic mass is 32.1. The number of nitrogens with zero attached hydrogens (tertiary/aromatic N) is 5. The Kier molecular flexibility index (Phi) is 10.6. The van der Waals surface area contributed by atoms with Crippen LogP contribution in [0, 0.1) is 0 Å². The molecule has 0 unspecified atom stereocenters. The second kappa shape index (κ2) is 15.2. The number of piperidine rings is 1. The van der Waals surface area contributed by atoms with E-state index < -0.39 is 0 Å². The first kappa shape index (κ1) is 29.3. The number of aromatic nitrogens is 4. The van der Waals surface area contributed by atoms with Gasteiger partial charge in [-0.25, -0.2) is 0 Å². The smallest absolute Gasteiger partial charge is 0.230 e. The fourth-order valence-electron chi connectivity index (χ4n) is 4.99. The van der Waals surface area contributed by atoms with Gasteiger partial charge in [-0.05, 0) is 67.3 Å². The lowest BCUT2D eigenvalue weighted by Gasteiger charge is -2.26. The zero-order valence-electron chi connectivity index (χ0n) is 23.8. The highest BCUT2D eigenvalue weighted by Gasteiger charge is 2.18. The summed E-state index contributed by atoms with van der Waals surface area (Å²) in [6, 6.07) is 22.3. The average molecular weight is 584 g/mol. The topological polar surface area (TPSA) is 113 Å². The van der Waals surface area contributed by atoms with Gasteiger partial charge in [0.25, 0.3) is 0 Å². The standard InChI is InChI=1S/C32H37N7O2S/c40-29(22-25-11-8-12-26(21-25)23-39-20-7-6-15-31(39)41)34-32-38-37-30(42-32)14-5-4-13-27-16-17-28(36-35-27)33-19-18-24-9-2-1-3-10-24/h1-3,8-12,16-17,21H,4-7,13-15,18-20,22-23H2,(H,33,36)(H,34,38,40). The summed E-state index contributed by atoms with van der Waals surface area (Å²) in [5, 5.41) is 24.7. The van der Waals surface area contributed by atoms with E-state index >= 15 is 0 Å². The monoisotopic (exact) mass is 583 g/mol. The molecule has 9 nitrogen and oxygen atoms in total. The van der Waals surface area contributed by atoms with Gasteiger partial charge >= 0.3 is 0 Å². The van der Waals surface area contributed by atoms with E-state index in [1.807, 2.05) is 47.4 Å². The average Bonchev–Trinajstić information content (AvgIpc) is 3.45. The maximum atomic E-state index is 12.7. The predicted octanol–water partition coefficient (Wildman–Crippen LogP) is 5.24. The zero-order valence-corrected chi connectivity index (χ0v) is 24.6. The lowest BCUT2D eigenvalue weighted by molar-refractivity contribution is -0.133. The summed E-state index contributed by atoms with van der Waals surface area (Å²) in [6.07, 6.45) is 7.42. The fraction of sp³-hybridized carbons (Fsp3) is 0.375. The Hall–Kier alpha value is -4.18. The molecule has 0 bridgehead atoms. The van der Waals surface area contributed by atoms with Crippen LogP contribution >= 0.6 is 11.3 Å². The van der Waals surface area contributed by atoms with Crippen molar-refractivity contribution in [3.63, 3.8) is 0 Å². The van der Waals surface area contributed by atoms with Gasteiger partial charge in [0, 0.05) is 32.5 Å². The van der Waals surface area contributed by atoms with E-state index in [2.05, 4.69) is 55.3 Å². The molecule has 4 aromatic rings. The van der Waals surface area contributed by atoms with Gasteiger partial charge in [0.05, 0.1) is 12.1 Å². The first-order valence-corrected chi connectivity index (χ1v) is 15.5. The van der Waals surface area contributed by atoms with E-state index in [0.717, 1.165) is 85.7 Å². The normalized spacial score (nSPS) is 13.2. The number of hydrogen-bond acceptors (Lipinski definition) is 8. The van der Waals surface area contributed by atoms with Crippen LogP contribution in [0.15, 0.2) is 66.7 Å². The van der Waals surface area contributed by atoms with Crippen LogP contribution < -0.4 is 10.6 Å². The molecule has 3 heterocycles. The van der Waals surface area contributed by atoms with Gasteiger partial charge in [-0.15, -0.1) is 15.3 Å². The first-order valence-electron chi connectivity index (χ1n) is 14.7. The molecule has 1 aliphatic heterocycles. The van der Waals surface area contributed by atoms with Crippen molar-refractivity contribution >= 4 is 34.1 Å². The summed E-state index contributed by atoms with van der Waals surface area (Å²) in [5.74, 6) is 0.877. The number of unbranched alkanes of at least 4 members (excludes halogenated alkanes) is 1. The number of rotatable bonds is 14. The lowest BCUT2D eigenvalue weighted by atomic mass is 10.1. The number of hydrogen-bond donors (Lipinski definition) is 2. The van der Waals surface area contributed by atoms with Crippen molar-refractivity contribution in [1.82, 2.24) is 25.3 Å². The highest BCUT2D eigenvalue weighted by Crippen LogP contribution is 2.19. The Morgan fingerprint density at radius 2 is 1.67 bits per heavy atom. The van der Waals surface area contributed by atoms with Crippen molar-refractivity contribution < 1.29 is 9.59 Å². The molecule has 10 heteroatoms. The first-order chi connectivity index (χ1) is 20.6. The number of benzene rings is 2. The van der Waals surface area contributed by atoms with Crippen molar-refractivity contribution in [2.75, 3.05) is 23.7 Å². The number of aryl methyl sites for hydroxylation is 2. The van der Waals surface area contributed by atoms with E-state index in [1.54, 1.807) is 0 Å². The molecular weight excluding hydrogens is 546 g/mol. The van der Waals surface area contributed by atoms with Crippen LogP contribution in [0.1, 0.15) is 59.5 Å². The minimum Gasteiger partial charge on any atom is -0.368 e. The Morgan fingerprint density at radius 1 is 0.833 bits per heavy atom. The molecule has 0 spiro atoms. The second-order valence-corrected chi connectivity index (χ2v) is 11.7. The van der Waals surface area contributed by atoms with E-state index in [-0.39, 0.29) is 18.2 Å². The van der Waals surface area contributed by atoms with Crippen LogP contribution in [0.3, 0.4) is 0 Å². The van der Waals surface area contributed by atoms with Crippen LogP contribution in [-0.2, 0) is 41.8 Å².